The van der Waals surface area contributed by atoms with Gasteiger partial charge in [0.25, 0.3) is 9.05 Å². The molecule has 0 heterocycles. The van der Waals surface area contributed by atoms with Crippen LogP contribution in [0.5, 0.6) is 0 Å². The molecule has 0 fully saturated rings. The van der Waals surface area contributed by atoms with Crippen LogP contribution in [0.4, 0.5) is 0 Å². The minimum atomic E-state index is -3.90. The molecule has 0 aliphatic rings. The lowest BCUT2D eigenvalue weighted by molar-refractivity contribution is 0.607. The van der Waals surface area contributed by atoms with E-state index in [0.29, 0.717) is 0 Å². The third-order valence-corrected chi connectivity index (χ3v) is 4.36. The highest BCUT2D eigenvalue weighted by molar-refractivity contribution is 9.10. The van der Waals surface area contributed by atoms with Crippen molar-refractivity contribution in [3.05, 3.63) is 22.2 Å². The molecule has 1 aromatic rings. The fourth-order valence-corrected chi connectivity index (χ4v) is 4.16. The molecule has 14 heavy (non-hydrogen) atoms. The van der Waals surface area contributed by atoms with Crippen molar-refractivity contribution in [2.24, 2.45) is 0 Å². The van der Waals surface area contributed by atoms with Gasteiger partial charge in [0.05, 0.1) is 5.56 Å². The number of nitriles is 1. The van der Waals surface area contributed by atoms with Crippen molar-refractivity contribution in [3.8, 4) is 6.07 Å². The Balaban J connectivity index is 3.68. The molecule has 0 radical (unpaired) electrons. The second-order valence-corrected chi connectivity index (χ2v) is 6.13. The Morgan fingerprint density at radius 2 is 2.07 bits per heavy atom. The second kappa shape index (κ2) is 4.11. The van der Waals surface area contributed by atoms with E-state index in [0.717, 1.165) is 0 Å². The molecule has 0 saturated carbocycles. The van der Waals surface area contributed by atoms with Crippen LogP contribution in [0.3, 0.4) is 0 Å². The van der Waals surface area contributed by atoms with Crippen molar-refractivity contribution in [2.75, 3.05) is 0 Å². The van der Waals surface area contributed by atoms with Crippen LogP contribution in [0.15, 0.2) is 26.4 Å². The average molecular weight is 313 g/mol. The van der Waals surface area contributed by atoms with E-state index in [1.807, 2.05) is 6.07 Å². The predicted octanol–water partition coefficient (Wildman–Crippen LogP) is 2.54. The van der Waals surface area contributed by atoms with Gasteiger partial charge in [0.15, 0.2) is 0 Å². The predicted molar refractivity (Wildman–Crippen MR) is 59.1 cm³/mol. The van der Waals surface area contributed by atoms with E-state index in [9.17, 15) is 8.42 Å². The summed E-state index contributed by atoms with van der Waals surface area (Å²) in [7, 11) is 1.28. The second-order valence-electron chi connectivity index (χ2n) is 2.32. The Morgan fingerprint density at radius 3 is 2.50 bits per heavy atom. The molecule has 0 unspecified atom stereocenters. The summed E-state index contributed by atoms with van der Waals surface area (Å²) in [5.41, 5.74) is 0.163. The lowest BCUT2D eigenvalue weighted by Crippen LogP contribution is -1.96. The van der Waals surface area contributed by atoms with E-state index in [-0.39, 0.29) is 19.8 Å². The van der Waals surface area contributed by atoms with Gasteiger partial charge in [-0.2, -0.15) is 5.26 Å². The molecule has 0 bridgehead atoms. The van der Waals surface area contributed by atoms with Crippen LogP contribution >= 0.6 is 39.2 Å². The molecule has 0 amide bonds. The molecule has 1 aromatic carbocycles. The first-order valence-corrected chi connectivity index (χ1v) is 6.79. The summed E-state index contributed by atoms with van der Waals surface area (Å²) in [6.07, 6.45) is 0. The van der Waals surface area contributed by atoms with Crippen LogP contribution in [0, 0.1) is 11.3 Å². The Hall–Kier alpha value is -0.220. The lowest BCUT2D eigenvalue weighted by atomic mass is 10.2. The lowest BCUT2D eigenvalue weighted by Gasteiger charge is -2.04. The van der Waals surface area contributed by atoms with E-state index >= 15 is 0 Å². The maximum absolute atomic E-state index is 11.1. The molecule has 0 aromatic heterocycles. The summed E-state index contributed by atoms with van der Waals surface area (Å²) in [4.78, 5) is -0.126. The van der Waals surface area contributed by atoms with Crippen molar-refractivity contribution in [2.45, 2.75) is 9.79 Å². The standard InChI is InChI=1S/C7H3BrClNO2S2/c8-5-2-1-4(3-10)6(13)7(5)14(9,11)12/h1-2,13H. The van der Waals surface area contributed by atoms with Crippen LogP contribution in [-0.2, 0) is 9.05 Å². The van der Waals surface area contributed by atoms with Crippen molar-refractivity contribution in [1.82, 2.24) is 0 Å². The van der Waals surface area contributed by atoms with Crippen molar-refractivity contribution in [1.29, 1.82) is 5.26 Å². The summed E-state index contributed by atoms with van der Waals surface area (Å²) in [6.45, 7) is 0. The Morgan fingerprint density at radius 1 is 1.50 bits per heavy atom. The fraction of sp³-hybridized carbons (Fsp3) is 0. The van der Waals surface area contributed by atoms with Crippen LogP contribution in [0.25, 0.3) is 0 Å². The van der Waals surface area contributed by atoms with Gasteiger partial charge in [-0.3, -0.25) is 0 Å². The molecule has 7 heteroatoms. The SMILES string of the molecule is N#Cc1ccc(Br)c(S(=O)(=O)Cl)c1S. The number of hydrogen-bond acceptors (Lipinski definition) is 4. The molecule has 0 aliphatic heterocycles. The van der Waals surface area contributed by atoms with Crippen molar-refractivity contribution in [3.63, 3.8) is 0 Å². The smallest absolute Gasteiger partial charge is 0.207 e. The first kappa shape index (κ1) is 11.9. The zero-order valence-electron chi connectivity index (χ0n) is 6.53. The van der Waals surface area contributed by atoms with Crippen molar-refractivity contribution < 1.29 is 8.42 Å². The number of rotatable bonds is 1. The molecule has 74 valence electrons. The molecule has 3 nitrogen and oxygen atoms in total. The highest BCUT2D eigenvalue weighted by Gasteiger charge is 2.20. The molecule has 0 N–H and O–H groups in total. The monoisotopic (exact) mass is 311 g/mol. The Bertz CT molecular complexity index is 521. The average Bonchev–Trinajstić information content (AvgIpc) is 2.02. The largest absolute Gasteiger partial charge is 0.263 e. The van der Waals surface area contributed by atoms with Crippen molar-refractivity contribution >= 4 is 48.3 Å². The minimum absolute atomic E-state index is 0.0527. The molecule has 0 saturated heterocycles. The zero-order chi connectivity index (χ0) is 10.9. The van der Waals surface area contributed by atoms with E-state index in [1.54, 1.807) is 0 Å². The maximum atomic E-state index is 11.1. The summed E-state index contributed by atoms with van der Waals surface area (Å²) in [5.74, 6) is 0. The summed E-state index contributed by atoms with van der Waals surface area (Å²) in [6, 6.07) is 4.71. The van der Waals surface area contributed by atoms with Gasteiger partial charge in [-0.25, -0.2) is 8.42 Å². The van der Waals surface area contributed by atoms with Gasteiger partial charge in [-0.05, 0) is 28.1 Å². The fourth-order valence-electron chi connectivity index (χ4n) is 0.869. The number of halogens is 2. The van der Waals surface area contributed by atoms with Gasteiger partial charge in [-0.15, -0.1) is 12.6 Å². The van der Waals surface area contributed by atoms with E-state index in [4.69, 9.17) is 15.9 Å². The number of nitrogens with zero attached hydrogens (tertiary/aromatic N) is 1. The highest BCUT2D eigenvalue weighted by atomic mass is 79.9. The summed E-state index contributed by atoms with van der Waals surface area (Å²) < 4.78 is 22.5. The summed E-state index contributed by atoms with van der Waals surface area (Å²) in [5, 5.41) is 8.65. The topological polar surface area (TPSA) is 57.9 Å². The normalized spacial score (nSPS) is 11.0. The quantitative estimate of drug-likeness (QED) is 0.640. The van der Waals surface area contributed by atoms with Gasteiger partial charge >= 0.3 is 0 Å². The highest BCUT2D eigenvalue weighted by Crippen LogP contribution is 2.32. The number of hydrogen-bond donors (Lipinski definition) is 1. The Kier molecular flexibility index (Phi) is 3.48. The first-order chi connectivity index (χ1) is 6.38. The molecule has 0 aliphatic carbocycles. The maximum Gasteiger partial charge on any atom is 0.263 e. The molecular formula is C7H3BrClNO2S2. The van der Waals surface area contributed by atoms with Gasteiger partial charge in [-0.1, -0.05) is 0 Å². The number of benzene rings is 1. The van der Waals surface area contributed by atoms with Crippen LogP contribution in [-0.4, -0.2) is 8.42 Å². The van der Waals surface area contributed by atoms with E-state index in [1.165, 1.54) is 12.1 Å². The molecule has 1 rings (SSSR count). The Labute approximate surface area is 99.6 Å². The van der Waals surface area contributed by atoms with Crippen LogP contribution in [0.1, 0.15) is 5.56 Å². The van der Waals surface area contributed by atoms with E-state index < -0.39 is 9.05 Å². The first-order valence-electron chi connectivity index (χ1n) is 3.24. The van der Waals surface area contributed by atoms with Crippen LogP contribution < -0.4 is 0 Å². The molecule has 0 atom stereocenters. The van der Waals surface area contributed by atoms with Gasteiger partial charge in [0.1, 0.15) is 11.0 Å². The van der Waals surface area contributed by atoms with Gasteiger partial charge in [0, 0.05) is 20.1 Å². The molecular weight excluding hydrogens is 310 g/mol. The summed E-state index contributed by atoms with van der Waals surface area (Å²) >= 11 is 6.96. The van der Waals surface area contributed by atoms with E-state index in [2.05, 4.69) is 28.6 Å². The number of thiol groups is 1. The van der Waals surface area contributed by atoms with Gasteiger partial charge < -0.3 is 0 Å². The van der Waals surface area contributed by atoms with Crippen LogP contribution in [0.2, 0.25) is 0 Å². The molecule has 0 spiro atoms. The third-order valence-electron chi connectivity index (χ3n) is 1.45. The van der Waals surface area contributed by atoms with Gasteiger partial charge in [0.2, 0.25) is 0 Å². The zero-order valence-corrected chi connectivity index (χ0v) is 10.6. The third kappa shape index (κ3) is 2.23. The minimum Gasteiger partial charge on any atom is -0.207 e.